The number of nitrogens with zero attached hydrogens (tertiary/aromatic N) is 2. The lowest BCUT2D eigenvalue weighted by Gasteiger charge is -2.11. The Kier molecular flexibility index (Phi) is 6.43. The quantitative estimate of drug-likeness (QED) is 0.481. The first kappa shape index (κ1) is 17.6. The minimum atomic E-state index is 0.00132. The molecule has 0 amide bonds. The van der Waals surface area contributed by atoms with Crippen molar-refractivity contribution in [3.8, 4) is 0 Å². The van der Waals surface area contributed by atoms with Gasteiger partial charge in [0.1, 0.15) is 0 Å². The van der Waals surface area contributed by atoms with Gasteiger partial charge < -0.3 is 5.32 Å². The summed E-state index contributed by atoms with van der Waals surface area (Å²) in [7, 11) is 0. The Bertz CT molecular complexity index is 721. The molecule has 2 rings (SSSR count). The smallest absolute Gasteiger partial charge is 0.187 e. The van der Waals surface area contributed by atoms with Crippen molar-refractivity contribution in [3.05, 3.63) is 77.8 Å². The average molecular weight is 321 g/mol. The van der Waals surface area contributed by atoms with Crippen molar-refractivity contribution in [2.24, 2.45) is 4.99 Å². The van der Waals surface area contributed by atoms with E-state index in [-0.39, 0.29) is 11.8 Å². The number of rotatable bonds is 7. The highest BCUT2D eigenvalue weighted by atomic mass is 16.1. The number of ketones is 1. The molecule has 0 saturated heterocycles. The van der Waals surface area contributed by atoms with E-state index in [1.807, 2.05) is 69.3 Å². The molecule has 0 saturated carbocycles. The molecule has 1 aromatic heterocycles. The first-order valence-electron chi connectivity index (χ1n) is 8.03. The minimum Gasteiger partial charge on any atom is -0.386 e. The molecule has 1 unspecified atom stereocenters. The lowest BCUT2D eigenvalue weighted by Crippen LogP contribution is -2.23. The molecule has 0 fully saturated rings. The summed E-state index contributed by atoms with van der Waals surface area (Å²) in [4.78, 5) is 21.0. The van der Waals surface area contributed by atoms with Crippen molar-refractivity contribution in [1.29, 1.82) is 0 Å². The van der Waals surface area contributed by atoms with Crippen LogP contribution in [-0.2, 0) is 0 Å². The van der Waals surface area contributed by atoms with Crippen LogP contribution in [0.3, 0.4) is 0 Å². The van der Waals surface area contributed by atoms with Gasteiger partial charge in [-0.05, 0) is 32.9 Å². The van der Waals surface area contributed by atoms with Crippen molar-refractivity contribution in [3.63, 3.8) is 0 Å². The summed E-state index contributed by atoms with van der Waals surface area (Å²) in [5.41, 5.74) is 3.32. The van der Waals surface area contributed by atoms with Crippen molar-refractivity contribution in [2.75, 3.05) is 6.54 Å². The number of carbonyl (C=O) groups is 1. The standard InChI is InChI=1S/C20H23N3O/c1-15(13-20(24)18-9-5-4-6-10-18)22-14-16(2)23-17(3)19-11-7-8-12-21-19/h4-13,16,22H,14H2,1-3H3/b15-13+,23-17?. The molecule has 1 heterocycles. The molecule has 124 valence electrons. The molecule has 0 bridgehead atoms. The van der Waals surface area contributed by atoms with Crippen molar-refractivity contribution in [2.45, 2.75) is 26.8 Å². The van der Waals surface area contributed by atoms with Gasteiger partial charge in [-0.1, -0.05) is 36.4 Å². The van der Waals surface area contributed by atoms with E-state index < -0.39 is 0 Å². The summed E-state index contributed by atoms with van der Waals surface area (Å²) in [5.74, 6) is 0.00132. The van der Waals surface area contributed by atoms with E-state index in [4.69, 9.17) is 0 Å². The van der Waals surface area contributed by atoms with E-state index in [1.165, 1.54) is 0 Å². The number of aliphatic imine (C=N–C) groups is 1. The molecular weight excluding hydrogens is 298 g/mol. The molecule has 24 heavy (non-hydrogen) atoms. The predicted molar refractivity (Wildman–Crippen MR) is 98.4 cm³/mol. The van der Waals surface area contributed by atoms with E-state index in [0.29, 0.717) is 12.1 Å². The second-order valence-corrected chi connectivity index (χ2v) is 5.72. The Morgan fingerprint density at radius 3 is 2.54 bits per heavy atom. The van der Waals surface area contributed by atoms with Crippen molar-refractivity contribution < 1.29 is 4.79 Å². The van der Waals surface area contributed by atoms with Crippen LogP contribution in [0.5, 0.6) is 0 Å². The fourth-order valence-corrected chi connectivity index (χ4v) is 2.26. The SMILES string of the molecule is CC(=NC(C)CN/C(C)=C/C(=O)c1ccccc1)c1ccccn1. The Labute approximate surface area is 143 Å². The number of hydrogen-bond donors (Lipinski definition) is 1. The number of aromatic nitrogens is 1. The monoisotopic (exact) mass is 321 g/mol. The molecule has 4 heteroatoms. The van der Waals surface area contributed by atoms with E-state index in [2.05, 4.69) is 15.3 Å². The van der Waals surface area contributed by atoms with Crippen LogP contribution in [-0.4, -0.2) is 29.1 Å². The fourth-order valence-electron chi connectivity index (χ4n) is 2.26. The summed E-state index contributed by atoms with van der Waals surface area (Å²) in [6, 6.07) is 15.1. The van der Waals surface area contributed by atoms with Crippen LogP contribution in [0.25, 0.3) is 0 Å². The molecular formula is C20H23N3O. The van der Waals surface area contributed by atoms with Crippen LogP contribution in [0, 0.1) is 0 Å². The Balaban J connectivity index is 1.90. The third-order valence-corrected chi connectivity index (χ3v) is 3.53. The zero-order valence-corrected chi connectivity index (χ0v) is 14.4. The van der Waals surface area contributed by atoms with Gasteiger partial charge in [-0.25, -0.2) is 0 Å². The van der Waals surface area contributed by atoms with E-state index in [9.17, 15) is 4.79 Å². The Morgan fingerprint density at radius 1 is 1.17 bits per heavy atom. The lowest BCUT2D eigenvalue weighted by molar-refractivity contribution is 0.104. The van der Waals surface area contributed by atoms with Crippen LogP contribution < -0.4 is 5.32 Å². The summed E-state index contributed by atoms with van der Waals surface area (Å²) in [6.45, 7) is 6.55. The third kappa shape index (κ3) is 5.47. The number of allylic oxidation sites excluding steroid dienone is 2. The molecule has 0 spiro atoms. The van der Waals surface area contributed by atoms with Crippen LogP contribution in [0.4, 0.5) is 0 Å². The van der Waals surface area contributed by atoms with Gasteiger partial charge in [0, 0.05) is 30.1 Å². The van der Waals surface area contributed by atoms with Gasteiger partial charge in [-0.2, -0.15) is 0 Å². The van der Waals surface area contributed by atoms with Crippen LogP contribution in [0.15, 0.2) is 71.5 Å². The van der Waals surface area contributed by atoms with Gasteiger partial charge in [0.05, 0.1) is 17.4 Å². The van der Waals surface area contributed by atoms with E-state index in [0.717, 1.165) is 17.1 Å². The first-order chi connectivity index (χ1) is 11.6. The largest absolute Gasteiger partial charge is 0.386 e. The van der Waals surface area contributed by atoms with Crippen LogP contribution in [0.1, 0.15) is 36.8 Å². The number of nitrogens with one attached hydrogen (secondary N) is 1. The highest BCUT2D eigenvalue weighted by molar-refractivity contribution is 6.04. The zero-order valence-electron chi connectivity index (χ0n) is 14.4. The summed E-state index contributed by atoms with van der Waals surface area (Å²) >= 11 is 0. The second-order valence-electron chi connectivity index (χ2n) is 5.72. The minimum absolute atomic E-state index is 0.00132. The first-order valence-corrected chi connectivity index (χ1v) is 8.03. The van der Waals surface area contributed by atoms with Gasteiger partial charge in [-0.3, -0.25) is 14.8 Å². The van der Waals surface area contributed by atoms with Crippen LogP contribution in [0.2, 0.25) is 0 Å². The van der Waals surface area contributed by atoms with Crippen LogP contribution >= 0.6 is 0 Å². The van der Waals surface area contributed by atoms with E-state index >= 15 is 0 Å². The molecule has 0 aliphatic carbocycles. The number of carbonyl (C=O) groups excluding carboxylic acids is 1. The van der Waals surface area contributed by atoms with E-state index in [1.54, 1.807) is 12.3 Å². The number of hydrogen-bond acceptors (Lipinski definition) is 4. The Hall–Kier alpha value is -2.75. The Morgan fingerprint density at radius 2 is 1.88 bits per heavy atom. The van der Waals surface area contributed by atoms with Gasteiger partial charge in [0.2, 0.25) is 0 Å². The van der Waals surface area contributed by atoms with Gasteiger partial charge in [0.15, 0.2) is 5.78 Å². The summed E-state index contributed by atoms with van der Waals surface area (Å²) < 4.78 is 0. The maximum atomic E-state index is 12.1. The summed E-state index contributed by atoms with van der Waals surface area (Å²) in [5, 5.41) is 3.25. The predicted octanol–water partition coefficient (Wildman–Crippen LogP) is 3.66. The van der Waals surface area contributed by atoms with Gasteiger partial charge in [0.25, 0.3) is 0 Å². The van der Waals surface area contributed by atoms with Gasteiger partial charge in [-0.15, -0.1) is 0 Å². The molecule has 0 radical (unpaired) electrons. The number of pyridine rings is 1. The molecule has 1 aromatic carbocycles. The maximum absolute atomic E-state index is 12.1. The molecule has 0 aliphatic rings. The average Bonchev–Trinajstić information content (AvgIpc) is 2.61. The molecule has 1 atom stereocenters. The lowest BCUT2D eigenvalue weighted by atomic mass is 10.1. The topological polar surface area (TPSA) is 54.4 Å². The molecule has 0 aliphatic heterocycles. The van der Waals surface area contributed by atoms with Crippen molar-refractivity contribution >= 4 is 11.5 Å². The fraction of sp³-hybridized carbons (Fsp3) is 0.250. The number of benzene rings is 1. The van der Waals surface area contributed by atoms with Gasteiger partial charge >= 0.3 is 0 Å². The molecule has 4 nitrogen and oxygen atoms in total. The summed E-state index contributed by atoms with van der Waals surface area (Å²) in [6.07, 6.45) is 3.39. The maximum Gasteiger partial charge on any atom is 0.187 e. The zero-order chi connectivity index (χ0) is 17.4. The normalized spacial score (nSPS) is 13.5. The third-order valence-electron chi connectivity index (χ3n) is 3.53. The highest BCUT2D eigenvalue weighted by Crippen LogP contribution is 2.03. The highest BCUT2D eigenvalue weighted by Gasteiger charge is 2.05. The van der Waals surface area contributed by atoms with Crippen molar-refractivity contribution in [1.82, 2.24) is 10.3 Å². The molecule has 1 N–H and O–H groups in total. The second kappa shape index (κ2) is 8.77. The molecule has 2 aromatic rings.